The number of aliphatic hydroxyl groups excluding tert-OH is 1. The monoisotopic (exact) mass is 886 g/mol. The molecule has 2 spiro atoms. The van der Waals surface area contributed by atoms with E-state index in [1.54, 1.807) is 97.0 Å². The standard InChI is InChI=1S/C47H59BN2O14/c1-25-29(61-38(55)34(52)33(27-18-14-12-15-19-27)49-40(56)64-42(3,4)5)23-46(58)39(63-37(54)28-20-16-13-17-21-28)47-44(8,30(59-11)22-31-45(47,24-60-31)48(47)26(2)51)36(53)35(32(25)43(46,6)7)62-41(57)50(9)10/h12-21,29-31,33-35,39,52,58H,22-24H2,1-11H3,(H,49,56)/t29-,30-,31+,33-,34+,35+,39+,44-,45-,46+,47+/m0/s1. The zero-order valence-electron chi connectivity index (χ0n) is 38.3. The largest absolute Gasteiger partial charge is 0.456 e. The Morgan fingerprint density at radius 2 is 1.56 bits per heavy atom. The van der Waals surface area contributed by atoms with Gasteiger partial charge in [0.05, 0.1) is 34.9 Å². The van der Waals surface area contributed by atoms with E-state index in [-0.39, 0.29) is 35.4 Å². The topological polar surface area (TPSA) is 214 Å². The highest BCUT2D eigenvalue weighted by Gasteiger charge is 2.99. The Kier molecular flexibility index (Phi) is 11.8. The Morgan fingerprint density at radius 3 is 2.09 bits per heavy atom. The lowest BCUT2D eigenvalue weighted by Gasteiger charge is -2.65. The summed E-state index contributed by atoms with van der Waals surface area (Å²) in [5, 5.41) is 25.5. The number of Topliss-reactive ketones (excluding diaryl/α,β-unsaturated/α-hetero) is 1. The fraction of sp³-hybridized carbons (Fsp3) is 0.574. The third-order valence-corrected chi connectivity index (χ3v) is 14.9. The van der Waals surface area contributed by atoms with Crippen molar-refractivity contribution in [3.05, 3.63) is 82.9 Å². The number of alkyl carbamates (subject to hydrolysis) is 1. The lowest BCUT2D eigenvalue weighted by Crippen LogP contribution is -2.73. The summed E-state index contributed by atoms with van der Waals surface area (Å²) in [6.45, 7) is 11.8. The summed E-state index contributed by atoms with van der Waals surface area (Å²) in [6, 6.07) is 14.9. The smallest absolute Gasteiger partial charge is 0.410 e. The summed E-state index contributed by atoms with van der Waals surface area (Å²) in [4.78, 5) is 87.3. The molecule has 344 valence electrons. The van der Waals surface area contributed by atoms with Gasteiger partial charge in [-0.1, -0.05) is 62.4 Å². The maximum absolute atomic E-state index is 16.1. The van der Waals surface area contributed by atoms with Gasteiger partial charge in [0, 0.05) is 56.7 Å². The molecule has 2 saturated heterocycles. The Balaban J connectivity index is 1.44. The van der Waals surface area contributed by atoms with Crippen LogP contribution in [0.1, 0.15) is 90.2 Å². The number of nitrogens with one attached hydrogen (secondary N) is 1. The average Bonchev–Trinajstić information content (AvgIpc) is 3.91. The molecule has 5 aliphatic rings. The van der Waals surface area contributed by atoms with Crippen LogP contribution in [0.5, 0.6) is 0 Å². The van der Waals surface area contributed by atoms with E-state index in [9.17, 15) is 34.2 Å². The molecule has 2 aromatic carbocycles. The number of amides is 2. The van der Waals surface area contributed by atoms with Crippen molar-refractivity contribution < 1.29 is 67.4 Å². The van der Waals surface area contributed by atoms with E-state index in [4.69, 9.17) is 28.4 Å². The van der Waals surface area contributed by atoms with Crippen molar-refractivity contribution in [2.24, 2.45) is 10.8 Å². The number of methoxy groups -OCH3 is 1. The van der Waals surface area contributed by atoms with Crippen LogP contribution in [-0.2, 0) is 42.8 Å². The highest BCUT2D eigenvalue weighted by atomic mass is 16.6. The molecule has 2 saturated carbocycles. The number of hydrogen-bond acceptors (Lipinski definition) is 14. The van der Waals surface area contributed by atoms with Gasteiger partial charge in [0.25, 0.3) is 0 Å². The summed E-state index contributed by atoms with van der Waals surface area (Å²) in [5.41, 5.74) is -6.27. The normalized spacial score (nSPS) is 33.2. The van der Waals surface area contributed by atoms with Crippen molar-refractivity contribution in [2.75, 3.05) is 27.8 Å². The zero-order valence-corrected chi connectivity index (χ0v) is 38.3. The molecule has 2 bridgehead atoms. The minimum atomic E-state index is -2.33. The first-order valence-corrected chi connectivity index (χ1v) is 21.6. The summed E-state index contributed by atoms with van der Waals surface area (Å²) < 4.78 is 36.8. The Morgan fingerprint density at radius 1 is 0.953 bits per heavy atom. The summed E-state index contributed by atoms with van der Waals surface area (Å²) >= 11 is 0. The predicted molar refractivity (Wildman–Crippen MR) is 230 cm³/mol. The molecule has 64 heavy (non-hydrogen) atoms. The second-order valence-corrected chi connectivity index (χ2v) is 19.8. The third kappa shape index (κ3) is 6.78. The zero-order chi connectivity index (χ0) is 47.1. The number of fused-ring (bicyclic) bond motifs is 2. The molecule has 3 aliphatic carbocycles. The van der Waals surface area contributed by atoms with Crippen molar-refractivity contribution in [1.82, 2.24) is 10.2 Å². The van der Waals surface area contributed by atoms with Crippen LogP contribution in [0.25, 0.3) is 0 Å². The number of ketones is 1. The molecule has 2 heterocycles. The fourth-order valence-corrected chi connectivity index (χ4v) is 11.9. The van der Waals surface area contributed by atoms with Crippen LogP contribution < -0.4 is 5.32 Å². The first kappa shape index (κ1) is 46.9. The molecular formula is C47H59BN2O14. The molecule has 0 unspecified atom stereocenters. The number of ether oxygens (including phenoxy) is 6. The predicted octanol–water partition coefficient (Wildman–Crippen LogP) is 4.82. The quantitative estimate of drug-likeness (QED) is 0.126. The lowest BCUT2D eigenvalue weighted by molar-refractivity contribution is -0.244. The maximum Gasteiger partial charge on any atom is 0.410 e. The van der Waals surface area contributed by atoms with Gasteiger partial charge in [0.2, 0.25) is 6.71 Å². The van der Waals surface area contributed by atoms with Crippen LogP contribution in [0.4, 0.5) is 9.59 Å². The van der Waals surface area contributed by atoms with E-state index in [1.807, 2.05) is 0 Å². The van der Waals surface area contributed by atoms with Gasteiger partial charge in [0.15, 0.2) is 18.0 Å². The molecule has 16 nitrogen and oxygen atoms in total. The minimum Gasteiger partial charge on any atom is -0.456 e. The molecule has 3 N–H and O–H groups in total. The van der Waals surface area contributed by atoms with E-state index in [1.165, 1.54) is 40.3 Å². The number of carbonyl (C=O) groups excluding carboxylic acids is 6. The number of benzene rings is 2. The van der Waals surface area contributed by atoms with E-state index >= 15 is 4.79 Å². The fourth-order valence-electron chi connectivity index (χ4n) is 11.9. The highest BCUT2D eigenvalue weighted by Crippen LogP contribution is 2.93. The Labute approximate surface area is 373 Å². The van der Waals surface area contributed by atoms with Gasteiger partial charge in [-0.15, -0.1) is 0 Å². The van der Waals surface area contributed by atoms with Crippen LogP contribution in [0.2, 0.25) is 10.6 Å². The van der Waals surface area contributed by atoms with Gasteiger partial charge in [-0.2, -0.15) is 0 Å². The Hall–Kier alpha value is -5.10. The second kappa shape index (κ2) is 16.1. The number of hydrogen-bond donors (Lipinski definition) is 3. The molecule has 2 aliphatic heterocycles. The molecule has 2 aromatic rings. The van der Waals surface area contributed by atoms with Crippen LogP contribution in [0.15, 0.2) is 71.8 Å². The molecule has 7 rings (SSSR count). The van der Waals surface area contributed by atoms with Crippen LogP contribution in [0.3, 0.4) is 0 Å². The van der Waals surface area contributed by atoms with E-state index in [2.05, 4.69) is 5.32 Å². The molecule has 17 heteroatoms. The minimum absolute atomic E-state index is 0.0167. The number of esters is 2. The summed E-state index contributed by atoms with van der Waals surface area (Å²) in [7, 11) is 4.31. The van der Waals surface area contributed by atoms with Gasteiger partial charge in [-0.05, 0) is 70.4 Å². The SMILES string of the molecule is CO[C@H]1C[C@H]2OC[C@]23B(C(C)=O)[C@@]32[C@H](OC(=O)c3ccccc3)[C@]3(O)C[C@H](OC(=O)[C@H](O)[C@@H](NC(=O)OC(C)(C)C)c4ccccc4)C(C)=C([C@@H](OC(=O)N(C)C)C(=O)[C@]12C)C3(C)C. The van der Waals surface area contributed by atoms with Crippen molar-refractivity contribution in [3.8, 4) is 0 Å². The van der Waals surface area contributed by atoms with Crippen LogP contribution in [0, 0.1) is 10.8 Å². The highest BCUT2D eigenvalue weighted by molar-refractivity contribution is 7.04. The van der Waals surface area contributed by atoms with Crippen molar-refractivity contribution in [1.29, 1.82) is 0 Å². The molecule has 11 atom stereocenters. The van der Waals surface area contributed by atoms with Crippen molar-refractivity contribution >= 4 is 42.3 Å². The van der Waals surface area contributed by atoms with Gasteiger partial charge in [-0.25, -0.2) is 19.2 Å². The van der Waals surface area contributed by atoms with Crippen molar-refractivity contribution in [3.63, 3.8) is 0 Å². The molecular weight excluding hydrogens is 827 g/mol. The number of aliphatic hydroxyl groups is 2. The molecule has 0 radical (unpaired) electrons. The van der Waals surface area contributed by atoms with Crippen molar-refractivity contribution in [2.45, 2.75) is 133 Å². The van der Waals surface area contributed by atoms with Crippen LogP contribution in [-0.4, -0.2) is 133 Å². The third-order valence-electron chi connectivity index (χ3n) is 14.9. The first-order chi connectivity index (χ1) is 29.9. The van der Waals surface area contributed by atoms with Gasteiger partial charge in [0.1, 0.15) is 23.4 Å². The number of rotatable bonds is 10. The maximum atomic E-state index is 16.1. The van der Waals surface area contributed by atoms with E-state index in [0.29, 0.717) is 5.56 Å². The summed E-state index contributed by atoms with van der Waals surface area (Å²) in [6.07, 6.45) is -10.8. The molecule has 2 amide bonds. The summed E-state index contributed by atoms with van der Waals surface area (Å²) in [5.74, 6) is -2.76. The second-order valence-electron chi connectivity index (χ2n) is 19.8. The van der Waals surface area contributed by atoms with E-state index in [0.717, 1.165) is 4.90 Å². The van der Waals surface area contributed by atoms with E-state index < -0.39 is 118 Å². The Bertz CT molecular complexity index is 2260. The number of nitrogens with zero attached hydrogens (tertiary/aromatic N) is 1. The van der Waals surface area contributed by atoms with Gasteiger partial charge in [-0.3, -0.25) is 4.79 Å². The molecule has 4 fully saturated rings. The first-order valence-electron chi connectivity index (χ1n) is 21.6. The van der Waals surface area contributed by atoms with Gasteiger partial charge < -0.3 is 53.6 Å². The van der Waals surface area contributed by atoms with Crippen LogP contribution >= 0.6 is 0 Å². The number of carbonyl (C=O) groups is 6. The molecule has 0 aromatic heterocycles. The average molecular weight is 887 g/mol. The lowest BCUT2D eigenvalue weighted by atomic mass is 9.40. The van der Waals surface area contributed by atoms with Gasteiger partial charge >= 0.3 is 24.1 Å².